The van der Waals surface area contributed by atoms with Gasteiger partial charge in [0.15, 0.2) is 9.84 Å². The molecule has 3 aromatic carbocycles. The first kappa shape index (κ1) is 19.4. The van der Waals surface area contributed by atoms with Crippen molar-refractivity contribution >= 4 is 21.2 Å². The number of anilines is 1. The van der Waals surface area contributed by atoms with Crippen molar-refractivity contribution in [2.75, 3.05) is 11.6 Å². The Morgan fingerprint density at radius 1 is 1.00 bits per heavy atom. The van der Waals surface area contributed by atoms with Crippen molar-refractivity contribution in [3.63, 3.8) is 0 Å². The van der Waals surface area contributed by atoms with E-state index in [0.29, 0.717) is 23.7 Å². The van der Waals surface area contributed by atoms with Gasteiger partial charge in [0.25, 0.3) is 5.69 Å². The third kappa shape index (κ3) is 4.66. The van der Waals surface area contributed by atoms with Gasteiger partial charge in [0.2, 0.25) is 0 Å². The summed E-state index contributed by atoms with van der Waals surface area (Å²) in [6.45, 7) is 0.351. The molecule has 0 bridgehead atoms. The molecule has 0 unspecified atom stereocenters. The largest absolute Gasteiger partial charge is 0.457 e. The van der Waals surface area contributed by atoms with E-state index in [-0.39, 0.29) is 4.90 Å². The molecule has 3 aromatic rings. The predicted molar refractivity (Wildman–Crippen MR) is 106 cm³/mol. The summed E-state index contributed by atoms with van der Waals surface area (Å²) < 4.78 is 29.7. The number of para-hydroxylation sites is 2. The van der Waals surface area contributed by atoms with Crippen molar-refractivity contribution in [3.05, 3.63) is 88.5 Å². The molecule has 0 saturated heterocycles. The minimum absolute atomic E-state index is 0.323. The maximum atomic E-state index is 11.9. The summed E-state index contributed by atoms with van der Waals surface area (Å²) in [5.41, 5.74) is 0.868. The zero-order valence-corrected chi connectivity index (χ0v) is 15.8. The van der Waals surface area contributed by atoms with Crippen molar-refractivity contribution in [2.24, 2.45) is 0 Å². The molecule has 0 atom stereocenters. The number of benzene rings is 3. The lowest BCUT2D eigenvalue weighted by Gasteiger charge is -2.13. The highest BCUT2D eigenvalue weighted by Crippen LogP contribution is 2.29. The number of nitro benzene ring substituents is 1. The van der Waals surface area contributed by atoms with Crippen molar-refractivity contribution in [2.45, 2.75) is 11.4 Å². The molecule has 0 aromatic heterocycles. The molecule has 0 amide bonds. The summed E-state index contributed by atoms with van der Waals surface area (Å²) in [6.07, 6.45) is 0.947. The zero-order valence-electron chi connectivity index (χ0n) is 15.0. The number of nitro groups is 1. The molecule has 8 heteroatoms. The number of rotatable bonds is 7. The fourth-order valence-corrected chi connectivity index (χ4v) is 3.50. The maximum Gasteiger partial charge on any atom is 0.288 e. The first-order valence-corrected chi connectivity index (χ1v) is 10.3. The summed E-state index contributed by atoms with van der Waals surface area (Å²) in [6, 6.07) is 20.7. The molecule has 1 N–H and O–H groups in total. The third-order valence-electron chi connectivity index (χ3n) is 3.98. The fraction of sp³-hybridized carbons (Fsp3) is 0.100. The standard InChI is InChI=1S/C20H18N2O5S/c1-28(25,26)20-13-16(11-12-18(20)22(23)24)21-14-15-7-5-6-10-19(15)27-17-8-3-2-4-9-17/h2-13,21H,14H2,1H3. The molecule has 0 saturated carbocycles. The van der Waals surface area contributed by atoms with E-state index in [1.54, 1.807) is 0 Å². The second kappa shape index (κ2) is 8.10. The number of sulfone groups is 1. The first-order valence-electron chi connectivity index (χ1n) is 8.38. The van der Waals surface area contributed by atoms with E-state index in [9.17, 15) is 18.5 Å². The topological polar surface area (TPSA) is 98.5 Å². The Hall–Kier alpha value is -3.39. The Labute approximate surface area is 162 Å². The van der Waals surface area contributed by atoms with Crippen LogP contribution in [0.1, 0.15) is 5.56 Å². The van der Waals surface area contributed by atoms with Crippen LogP contribution in [0.15, 0.2) is 77.7 Å². The van der Waals surface area contributed by atoms with Gasteiger partial charge in [-0.3, -0.25) is 10.1 Å². The van der Waals surface area contributed by atoms with Gasteiger partial charge in [-0.05, 0) is 30.3 Å². The number of nitrogens with one attached hydrogen (secondary N) is 1. The minimum atomic E-state index is -3.74. The molecule has 0 aliphatic carbocycles. The Balaban J connectivity index is 1.82. The van der Waals surface area contributed by atoms with Gasteiger partial charge in [0.1, 0.15) is 16.4 Å². The van der Waals surface area contributed by atoms with E-state index in [2.05, 4.69) is 5.32 Å². The van der Waals surface area contributed by atoms with E-state index in [4.69, 9.17) is 4.74 Å². The predicted octanol–water partition coefficient (Wildman–Crippen LogP) is 4.40. The molecule has 28 heavy (non-hydrogen) atoms. The van der Waals surface area contributed by atoms with Crippen molar-refractivity contribution in [1.29, 1.82) is 0 Å². The van der Waals surface area contributed by atoms with Crippen molar-refractivity contribution < 1.29 is 18.1 Å². The van der Waals surface area contributed by atoms with E-state index in [1.807, 2.05) is 54.6 Å². The van der Waals surface area contributed by atoms with E-state index in [0.717, 1.165) is 11.8 Å². The molecular formula is C20H18N2O5S. The van der Waals surface area contributed by atoms with Gasteiger partial charge in [-0.2, -0.15) is 0 Å². The number of ether oxygens (including phenoxy) is 1. The van der Waals surface area contributed by atoms with Crippen LogP contribution in [0.2, 0.25) is 0 Å². The Morgan fingerprint density at radius 3 is 2.36 bits per heavy atom. The lowest BCUT2D eigenvalue weighted by molar-refractivity contribution is -0.387. The first-order chi connectivity index (χ1) is 13.3. The zero-order chi connectivity index (χ0) is 20.1. The van der Waals surface area contributed by atoms with Gasteiger partial charge < -0.3 is 10.1 Å². The average molecular weight is 398 g/mol. The van der Waals surface area contributed by atoms with Crippen LogP contribution in [-0.2, 0) is 16.4 Å². The van der Waals surface area contributed by atoms with Crippen LogP contribution >= 0.6 is 0 Å². The minimum Gasteiger partial charge on any atom is -0.457 e. The highest BCUT2D eigenvalue weighted by atomic mass is 32.2. The molecule has 7 nitrogen and oxygen atoms in total. The summed E-state index contributed by atoms with van der Waals surface area (Å²) in [5.74, 6) is 1.36. The molecule has 144 valence electrons. The highest BCUT2D eigenvalue weighted by Gasteiger charge is 2.22. The van der Waals surface area contributed by atoms with Crippen molar-refractivity contribution in [1.82, 2.24) is 0 Å². The summed E-state index contributed by atoms with van der Waals surface area (Å²) in [5, 5.41) is 14.2. The number of hydrogen-bond donors (Lipinski definition) is 1. The van der Waals surface area contributed by atoms with Crippen LogP contribution in [-0.4, -0.2) is 19.6 Å². The highest BCUT2D eigenvalue weighted by molar-refractivity contribution is 7.90. The van der Waals surface area contributed by atoms with Crippen LogP contribution < -0.4 is 10.1 Å². The van der Waals surface area contributed by atoms with Crippen LogP contribution in [0.4, 0.5) is 11.4 Å². The van der Waals surface area contributed by atoms with Gasteiger partial charge >= 0.3 is 0 Å². The molecule has 0 spiro atoms. The lowest BCUT2D eigenvalue weighted by atomic mass is 10.2. The quantitative estimate of drug-likeness (QED) is 0.468. The number of nitrogens with zero attached hydrogens (tertiary/aromatic N) is 1. The van der Waals surface area contributed by atoms with Crippen LogP contribution in [0.25, 0.3) is 0 Å². The molecular weight excluding hydrogens is 380 g/mol. The Bertz CT molecular complexity index is 1100. The second-order valence-corrected chi connectivity index (χ2v) is 8.07. The van der Waals surface area contributed by atoms with Crippen LogP contribution in [0.5, 0.6) is 11.5 Å². The van der Waals surface area contributed by atoms with Gasteiger partial charge in [-0.1, -0.05) is 36.4 Å². The second-order valence-electron chi connectivity index (χ2n) is 6.09. The van der Waals surface area contributed by atoms with Gasteiger partial charge in [-0.15, -0.1) is 0 Å². The van der Waals surface area contributed by atoms with Gasteiger partial charge in [-0.25, -0.2) is 8.42 Å². The van der Waals surface area contributed by atoms with E-state index in [1.165, 1.54) is 18.2 Å². The SMILES string of the molecule is CS(=O)(=O)c1cc(NCc2ccccc2Oc2ccccc2)ccc1[N+](=O)[O-]. The average Bonchev–Trinajstić information content (AvgIpc) is 2.67. The number of hydrogen-bond acceptors (Lipinski definition) is 6. The summed E-state index contributed by atoms with van der Waals surface area (Å²) in [7, 11) is -3.74. The molecule has 3 rings (SSSR count). The maximum absolute atomic E-state index is 11.9. The Morgan fingerprint density at radius 2 is 1.68 bits per heavy atom. The smallest absolute Gasteiger partial charge is 0.288 e. The third-order valence-corrected chi connectivity index (χ3v) is 5.11. The van der Waals surface area contributed by atoms with E-state index >= 15 is 0 Å². The van der Waals surface area contributed by atoms with E-state index < -0.39 is 20.4 Å². The molecule has 0 heterocycles. The van der Waals surface area contributed by atoms with Gasteiger partial charge in [0.05, 0.1) is 4.92 Å². The molecule has 0 radical (unpaired) electrons. The fourth-order valence-electron chi connectivity index (χ4n) is 2.63. The normalized spacial score (nSPS) is 11.0. The van der Waals surface area contributed by atoms with Crippen LogP contribution in [0, 0.1) is 10.1 Å². The van der Waals surface area contributed by atoms with Crippen LogP contribution in [0.3, 0.4) is 0 Å². The summed E-state index contributed by atoms with van der Waals surface area (Å²) in [4.78, 5) is 10.1. The molecule has 0 fully saturated rings. The van der Waals surface area contributed by atoms with Gasteiger partial charge in [0, 0.05) is 30.1 Å². The lowest BCUT2D eigenvalue weighted by Crippen LogP contribution is -2.06. The summed E-state index contributed by atoms with van der Waals surface area (Å²) >= 11 is 0. The monoisotopic (exact) mass is 398 g/mol. The Kier molecular flexibility index (Phi) is 5.60. The molecule has 0 aliphatic rings. The van der Waals surface area contributed by atoms with Crippen molar-refractivity contribution in [3.8, 4) is 11.5 Å². The molecule has 0 aliphatic heterocycles.